The third-order valence-electron chi connectivity index (χ3n) is 9.24. The average molecular weight is 695 g/mol. The van der Waals surface area contributed by atoms with Gasteiger partial charge >= 0.3 is 0 Å². The maximum absolute atomic E-state index is 13.0. The van der Waals surface area contributed by atoms with Crippen LogP contribution in [-0.4, -0.2) is 33.8 Å². The van der Waals surface area contributed by atoms with E-state index in [0.717, 1.165) is 56.1 Å². The van der Waals surface area contributed by atoms with Gasteiger partial charge < -0.3 is 10.2 Å². The molecule has 0 saturated carbocycles. The number of unbranched alkanes of at least 4 members (excludes halogenated alkanes) is 9. The normalized spacial score (nSPS) is 12.2. The van der Waals surface area contributed by atoms with Crippen LogP contribution in [0.5, 0.6) is 11.5 Å². The maximum Gasteiger partial charge on any atom is 0.273 e. The van der Waals surface area contributed by atoms with Crippen LogP contribution in [-0.2, 0) is 22.4 Å². The molecule has 4 amide bonds. The Balaban J connectivity index is 1.76. The van der Waals surface area contributed by atoms with Gasteiger partial charge in [-0.1, -0.05) is 110 Å². The van der Waals surface area contributed by atoms with Crippen molar-refractivity contribution in [1.29, 1.82) is 0 Å². The number of amides is 4. The van der Waals surface area contributed by atoms with Crippen LogP contribution in [0.2, 0.25) is 0 Å². The predicted octanol–water partition coefficient (Wildman–Crippen LogP) is 7.96. The van der Waals surface area contributed by atoms with Crippen LogP contribution in [0.15, 0.2) is 36.4 Å². The fourth-order valence-electron chi connectivity index (χ4n) is 6.03. The number of benzene rings is 2. The highest BCUT2D eigenvalue weighted by molar-refractivity contribution is 5.98. The van der Waals surface area contributed by atoms with Gasteiger partial charge in [-0.15, -0.1) is 0 Å². The molecule has 2 rings (SSSR count). The molecule has 2 atom stereocenters. The molecule has 10 heteroatoms. The van der Waals surface area contributed by atoms with Crippen molar-refractivity contribution in [2.45, 2.75) is 143 Å². The quantitative estimate of drug-likeness (QED) is 0.0512. The van der Waals surface area contributed by atoms with Crippen LogP contribution in [0.4, 0.5) is 0 Å². The topological polar surface area (TPSA) is 157 Å². The molecule has 0 aliphatic rings. The molecular weight excluding hydrogens is 632 g/mol. The third kappa shape index (κ3) is 15.6. The highest BCUT2D eigenvalue weighted by atomic mass is 16.3. The zero-order chi connectivity index (χ0) is 36.7. The summed E-state index contributed by atoms with van der Waals surface area (Å²) in [6, 6.07) is 10.0. The Hall–Kier alpha value is -4.08. The summed E-state index contributed by atoms with van der Waals surface area (Å²) < 4.78 is 0. The summed E-state index contributed by atoms with van der Waals surface area (Å²) >= 11 is 0. The van der Waals surface area contributed by atoms with Gasteiger partial charge in [0.05, 0.1) is 11.1 Å². The molecular formula is C40H62N4O6. The first-order chi connectivity index (χ1) is 24.1. The molecule has 0 saturated heterocycles. The van der Waals surface area contributed by atoms with E-state index in [1.165, 1.54) is 50.7 Å². The van der Waals surface area contributed by atoms with Crippen LogP contribution < -0.4 is 21.7 Å². The lowest BCUT2D eigenvalue weighted by Crippen LogP contribution is -2.44. The summed E-state index contributed by atoms with van der Waals surface area (Å²) in [5.74, 6) is -2.72. The van der Waals surface area contributed by atoms with Crippen LogP contribution in [0.25, 0.3) is 0 Å². The number of carbonyl (C=O) groups excluding carboxylic acids is 4. The van der Waals surface area contributed by atoms with Crippen molar-refractivity contribution in [3.05, 3.63) is 58.7 Å². The van der Waals surface area contributed by atoms with E-state index in [4.69, 9.17) is 0 Å². The first kappa shape index (κ1) is 42.1. The van der Waals surface area contributed by atoms with Gasteiger partial charge in [-0.25, -0.2) is 0 Å². The van der Waals surface area contributed by atoms with E-state index in [-0.39, 0.29) is 46.3 Å². The van der Waals surface area contributed by atoms with E-state index in [9.17, 15) is 29.4 Å². The number of hydrazine groups is 2. The van der Waals surface area contributed by atoms with Crippen molar-refractivity contribution in [2.24, 2.45) is 11.8 Å². The second-order valence-electron chi connectivity index (χ2n) is 13.6. The van der Waals surface area contributed by atoms with E-state index < -0.39 is 11.8 Å². The molecule has 0 aromatic heterocycles. The molecule has 0 heterocycles. The van der Waals surface area contributed by atoms with Crippen LogP contribution in [0.3, 0.4) is 0 Å². The fourth-order valence-corrected chi connectivity index (χ4v) is 6.03. The van der Waals surface area contributed by atoms with Gasteiger partial charge in [0.15, 0.2) is 0 Å². The predicted molar refractivity (Wildman–Crippen MR) is 198 cm³/mol. The van der Waals surface area contributed by atoms with Gasteiger partial charge in [0.1, 0.15) is 11.5 Å². The SMILES string of the molecule is CCCCCCCc1ccc(O)c(C(=O)NNC(=O)C(C)CCCCC(CCC)C(=O)NNC(=O)c2cc(CCCCCCC)ccc2O)c1. The van der Waals surface area contributed by atoms with E-state index in [1.54, 1.807) is 19.1 Å². The first-order valence-electron chi connectivity index (χ1n) is 18.9. The highest BCUT2D eigenvalue weighted by Gasteiger charge is 2.21. The Bertz CT molecular complexity index is 1350. The van der Waals surface area contributed by atoms with Crippen LogP contribution in [0, 0.1) is 11.8 Å². The molecule has 0 bridgehead atoms. The molecule has 6 N–H and O–H groups in total. The minimum atomic E-state index is -0.572. The summed E-state index contributed by atoms with van der Waals surface area (Å²) in [5, 5.41) is 20.5. The molecule has 2 unspecified atom stereocenters. The van der Waals surface area contributed by atoms with Gasteiger partial charge in [0, 0.05) is 11.8 Å². The number of hydrogen-bond acceptors (Lipinski definition) is 6. The van der Waals surface area contributed by atoms with E-state index >= 15 is 0 Å². The summed E-state index contributed by atoms with van der Waals surface area (Å²) in [6.45, 7) is 8.12. The lowest BCUT2D eigenvalue weighted by molar-refractivity contribution is -0.127. The van der Waals surface area contributed by atoms with Crippen LogP contribution >= 0.6 is 0 Å². The van der Waals surface area contributed by atoms with Crippen LogP contribution in [0.1, 0.15) is 162 Å². The zero-order valence-corrected chi connectivity index (χ0v) is 30.9. The Labute approximate surface area is 299 Å². The van der Waals surface area contributed by atoms with Gasteiger partial charge in [0.25, 0.3) is 11.8 Å². The smallest absolute Gasteiger partial charge is 0.273 e. The van der Waals surface area contributed by atoms with Crippen molar-refractivity contribution < 1.29 is 29.4 Å². The molecule has 2 aromatic carbocycles. The fraction of sp³-hybridized carbons (Fsp3) is 0.600. The Morgan fingerprint density at radius 1 is 0.540 bits per heavy atom. The summed E-state index contributed by atoms with van der Waals surface area (Å²) in [4.78, 5) is 51.2. The Morgan fingerprint density at radius 3 is 1.48 bits per heavy atom. The monoisotopic (exact) mass is 694 g/mol. The molecule has 10 nitrogen and oxygen atoms in total. The van der Waals surface area contributed by atoms with E-state index in [0.29, 0.717) is 32.1 Å². The number of phenolic OH excluding ortho intramolecular Hbond substituents is 2. The molecule has 2 aromatic rings. The Kier molecular flexibility index (Phi) is 20.3. The van der Waals surface area contributed by atoms with Crippen molar-refractivity contribution in [3.8, 4) is 11.5 Å². The highest BCUT2D eigenvalue weighted by Crippen LogP contribution is 2.22. The number of hydrogen-bond donors (Lipinski definition) is 6. The maximum atomic E-state index is 13.0. The summed E-state index contributed by atoms with van der Waals surface area (Å²) in [6.07, 6.45) is 17.1. The van der Waals surface area contributed by atoms with Gasteiger partial charge in [-0.05, 0) is 80.3 Å². The standard InChI is InChI=1S/C40H62N4O6/c1-5-8-10-12-14-20-30-23-25-35(45)33(27-30)39(49)43-41-37(47)29(4)19-16-17-22-32(18-7-3)38(48)42-44-40(50)34-28-31(24-26-36(34)46)21-15-13-11-9-6-2/h23-29,32,45-46H,5-22H2,1-4H3,(H,41,47)(H,42,48)(H,43,49)(H,44,50). The van der Waals surface area contributed by atoms with Crippen molar-refractivity contribution in [2.75, 3.05) is 0 Å². The summed E-state index contributed by atoms with van der Waals surface area (Å²) in [5.41, 5.74) is 12.1. The molecule has 0 fully saturated rings. The minimum Gasteiger partial charge on any atom is -0.507 e. The number of rotatable bonds is 23. The number of carbonyl (C=O) groups is 4. The van der Waals surface area contributed by atoms with Gasteiger partial charge in [-0.2, -0.15) is 0 Å². The van der Waals surface area contributed by atoms with Gasteiger partial charge in [0.2, 0.25) is 11.8 Å². The first-order valence-corrected chi connectivity index (χ1v) is 18.9. The van der Waals surface area contributed by atoms with Crippen molar-refractivity contribution in [3.63, 3.8) is 0 Å². The lowest BCUT2D eigenvalue weighted by atomic mass is 9.94. The third-order valence-corrected chi connectivity index (χ3v) is 9.24. The lowest BCUT2D eigenvalue weighted by Gasteiger charge is -2.18. The van der Waals surface area contributed by atoms with Gasteiger partial charge in [-0.3, -0.25) is 40.9 Å². The number of aryl methyl sites for hydroxylation is 2. The van der Waals surface area contributed by atoms with E-state index in [2.05, 4.69) is 35.6 Å². The molecule has 0 radical (unpaired) electrons. The number of phenols is 2. The largest absolute Gasteiger partial charge is 0.507 e. The molecule has 0 aliphatic carbocycles. The summed E-state index contributed by atoms with van der Waals surface area (Å²) in [7, 11) is 0. The number of aromatic hydroxyl groups is 2. The second-order valence-corrected chi connectivity index (χ2v) is 13.6. The second kappa shape index (κ2) is 24.1. The van der Waals surface area contributed by atoms with Crippen molar-refractivity contribution >= 4 is 23.6 Å². The number of nitrogens with one attached hydrogen (secondary N) is 4. The molecule has 0 spiro atoms. The van der Waals surface area contributed by atoms with Crippen molar-refractivity contribution in [1.82, 2.24) is 21.7 Å². The Morgan fingerprint density at radius 2 is 1.00 bits per heavy atom. The molecule has 278 valence electrons. The molecule has 50 heavy (non-hydrogen) atoms. The zero-order valence-electron chi connectivity index (χ0n) is 30.9. The molecule has 0 aliphatic heterocycles. The van der Waals surface area contributed by atoms with E-state index in [1.807, 2.05) is 19.1 Å². The average Bonchev–Trinajstić information content (AvgIpc) is 3.11. The minimum absolute atomic E-state index is 0.124.